The predicted octanol–water partition coefficient (Wildman–Crippen LogP) is 0.938. The molecule has 2 heterocycles. The minimum Gasteiger partial charge on any atom is -0.315 e. The largest absolute Gasteiger partial charge is 0.331 e. The van der Waals surface area contributed by atoms with E-state index in [1.807, 2.05) is 6.92 Å². The highest BCUT2D eigenvalue weighted by Gasteiger charge is 2.41. The van der Waals surface area contributed by atoms with Crippen molar-refractivity contribution < 1.29 is 8.42 Å². The second kappa shape index (κ2) is 6.52. The second-order valence-corrected chi connectivity index (χ2v) is 10.7. The van der Waals surface area contributed by atoms with Crippen LogP contribution in [-0.4, -0.2) is 36.2 Å². The zero-order chi connectivity index (χ0) is 20.4. The van der Waals surface area contributed by atoms with E-state index in [4.69, 9.17) is 0 Å². The van der Waals surface area contributed by atoms with Crippen molar-refractivity contribution in [2.24, 2.45) is 5.92 Å². The van der Waals surface area contributed by atoms with E-state index in [1.54, 1.807) is 10.6 Å². The number of aromatic nitrogens is 2. The van der Waals surface area contributed by atoms with Gasteiger partial charge in [0.25, 0.3) is 5.56 Å². The van der Waals surface area contributed by atoms with Gasteiger partial charge in [-0.3, -0.25) is 13.9 Å². The van der Waals surface area contributed by atoms with Gasteiger partial charge in [0.15, 0.2) is 0 Å². The van der Waals surface area contributed by atoms with Crippen molar-refractivity contribution in [3.63, 3.8) is 0 Å². The highest BCUT2D eigenvalue weighted by atomic mass is 32.2. The van der Waals surface area contributed by atoms with Crippen LogP contribution in [0.5, 0.6) is 0 Å². The summed E-state index contributed by atoms with van der Waals surface area (Å²) in [5.74, 6) is 0.448. The minimum absolute atomic E-state index is 0.0722. The first-order valence-electron chi connectivity index (χ1n) is 10.3. The summed E-state index contributed by atoms with van der Waals surface area (Å²) in [6.07, 6.45) is 4.48. The number of nitrogens with one attached hydrogen (secondary N) is 2. The average Bonchev–Trinajstić information content (AvgIpc) is 3.57. The molecule has 2 aromatic rings. The predicted molar refractivity (Wildman–Crippen MR) is 110 cm³/mol. The third-order valence-corrected chi connectivity index (χ3v) is 8.01. The Balaban J connectivity index is 1.69. The van der Waals surface area contributed by atoms with Gasteiger partial charge in [-0.05, 0) is 69.7 Å². The maximum atomic E-state index is 13.3. The summed E-state index contributed by atoms with van der Waals surface area (Å²) in [6.45, 7) is 3.77. The molecule has 156 valence electrons. The first-order valence-corrected chi connectivity index (χ1v) is 11.8. The Kier molecular flexibility index (Phi) is 4.27. The number of hydrogen-bond donors (Lipinski definition) is 2. The van der Waals surface area contributed by atoms with E-state index in [1.165, 1.54) is 16.7 Å². The van der Waals surface area contributed by atoms with Gasteiger partial charge in [0.2, 0.25) is 10.0 Å². The molecule has 0 bridgehead atoms. The molecule has 2 saturated carbocycles. The SMILES string of the molecule is CC1(NS(=O)(=O)c2ccc3c(c2)c(=O)n([C@@H]2CCNC2)c(=O)n3CC2CC2)CC1. The molecular formula is C20H26N4O4S. The lowest BCUT2D eigenvalue weighted by atomic mass is 10.2. The van der Waals surface area contributed by atoms with Gasteiger partial charge >= 0.3 is 5.69 Å². The number of sulfonamides is 1. The third kappa shape index (κ3) is 3.45. The molecule has 29 heavy (non-hydrogen) atoms. The fraction of sp³-hybridized carbons (Fsp3) is 0.600. The van der Waals surface area contributed by atoms with Gasteiger partial charge in [0.1, 0.15) is 0 Å². The molecule has 0 unspecified atom stereocenters. The van der Waals surface area contributed by atoms with Crippen molar-refractivity contribution in [3.8, 4) is 0 Å². The molecule has 1 aromatic carbocycles. The van der Waals surface area contributed by atoms with Crippen LogP contribution in [0.1, 0.15) is 45.1 Å². The van der Waals surface area contributed by atoms with Crippen molar-refractivity contribution in [2.75, 3.05) is 13.1 Å². The van der Waals surface area contributed by atoms with E-state index in [2.05, 4.69) is 10.0 Å². The molecule has 1 aliphatic heterocycles. The molecule has 2 N–H and O–H groups in total. The standard InChI is InChI=1S/C20H26N4O4S/c1-20(7-8-20)22-29(27,28)15-4-5-17-16(10-15)18(25)24(14-6-9-21-11-14)19(26)23(17)12-13-2-3-13/h4-5,10,13-14,21-22H,2-3,6-9,11-12H2,1H3/t14-/m1/s1. The summed E-state index contributed by atoms with van der Waals surface area (Å²) in [6, 6.07) is 4.35. The molecule has 0 amide bonds. The number of nitrogens with zero attached hydrogens (tertiary/aromatic N) is 2. The Bertz CT molecular complexity index is 1200. The Labute approximate surface area is 169 Å². The zero-order valence-corrected chi connectivity index (χ0v) is 17.3. The number of fused-ring (bicyclic) bond motifs is 1. The van der Waals surface area contributed by atoms with E-state index < -0.39 is 21.1 Å². The van der Waals surface area contributed by atoms with Crippen molar-refractivity contribution in [3.05, 3.63) is 39.0 Å². The highest BCUT2D eigenvalue weighted by Crippen LogP contribution is 2.36. The topological polar surface area (TPSA) is 102 Å². The number of hydrogen-bond acceptors (Lipinski definition) is 5. The quantitative estimate of drug-likeness (QED) is 0.727. The summed E-state index contributed by atoms with van der Waals surface area (Å²) in [7, 11) is -3.73. The smallest absolute Gasteiger partial charge is 0.315 e. The van der Waals surface area contributed by atoms with E-state index in [9.17, 15) is 18.0 Å². The summed E-state index contributed by atoms with van der Waals surface area (Å²) >= 11 is 0. The van der Waals surface area contributed by atoms with Gasteiger partial charge in [-0.1, -0.05) is 0 Å². The van der Waals surface area contributed by atoms with Gasteiger partial charge in [0.05, 0.1) is 21.8 Å². The van der Waals surface area contributed by atoms with Crippen LogP contribution >= 0.6 is 0 Å². The van der Waals surface area contributed by atoms with Crippen LogP contribution in [-0.2, 0) is 16.6 Å². The Morgan fingerprint density at radius 2 is 1.97 bits per heavy atom. The maximum Gasteiger partial charge on any atom is 0.331 e. The lowest BCUT2D eigenvalue weighted by Crippen LogP contribution is -2.43. The van der Waals surface area contributed by atoms with Gasteiger partial charge in [-0.15, -0.1) is 0 Å². The monoisotopic (exact) mass is 418 g/mol. The molecule has 9 heteroatoms. The van der Waals surface area contributed by atoms with Crippen LogP contribution in [0, 0.1) is 5.92 Å². The van der Waals surface area contributed by atoms with Crippen molar-refractivity contribution in [1.29, 1.82) is 0 Å². The molecule has 5 rings (SSSR count). The molecule has 1 saturated heterocycles. The lowest BCUT2D eigenvalue weighted by molar-refractivity contribution is 0.473. The second-order valence-electron chi connectivity index (χ2n) is 9.00. The highest BCUT2D eigenvalue weighted by molar-refractivity contribution is 7.89. The lowest BCUT2D eigenvalue weighted by Gasteiger charge is -2.18. The first kappa shape index (κ1) is 19.0. The molecular weight excluding hydrogens is 392 g/mol. The zero-order valence-electron chi connectivity index (χ0n) is 16.5. The summed E-state index contributed by atoms with van der Waals surface area (Å²) in [5, 5.41) is 3.49. The number of rotatable bonds is 6. The third-order valence-electron chi connectivity index (χ3n) is 6.37. The average molecular weight is 419 g/mol. The van der Waals surface area contributed by atoms with Gasteiger partial charge in [-0.25, -0.2) is 17.9 Å². The Hall–Kier alpha value is -1.97. The maximum absolute atomic E-state index is 13.3. The summed E-state index contributed by atoms with van der Waals surface area (Å²) < 4.78 is 31.4. The molecule has 0 radical (unpaired) electrons. The van der Waals surface area contributed by atoms with Gasteiger partial charge in [0, 0.05) is 18.6 Å². The van der Waals surface area contributed by atoms with Crippen LogP contribution in [0.2, 0.25) is 0 Å². The molecule has 1 atom stereocenters. The van der Waals surface area contributed by atoms with Crippen LogP contribution in [0.4, 0.5) is 0 Å². The first-order chi connectivity index (χ1) is 13.8. The molecule has 1 aromatic heterocycles. The number of benzene rings is 1. The van der Waals surface area contributed by atoms with Crippen LogP contribution in [0.3, 0.4) is 0 Å². The van der Waals surface area contributed by atoms with Gasteiger partial charge < -0.3 is 5.32 Å². The molecule has 3 fully saturated rings. The molecule has 8 nitrogen and oxygen atoms in total. The van der Waals surface area contributed by atoms with Crippen LogP contribution in [0.25, 0.3) is 10.9 Å². The normalized spacial score (nSPS) is 23.6. The Morgan fingerprint density at radius 3 is 2.59 bits per heavy atom. The van der Waals surface area contributed by atoms with Crippen LogP contribution < -0.4 is 21.3 Å². The minimum atomic E-state index is -3.73. The van der Waals surface area contributed by atoms with E-state index in [0.717, 1.165) is 32.2 Å². The van der Waals surface area contributed by atoms with Crippen molar-refractivity contribution in [2.45, 2.75) is 62.0 Å². The Morgan fingerprint density at radius 1 is 1.21 bits per heavy atom. The molecule has 0 spiro atoms. The van der Waals surface area contributed by atoms with E-state index in [0.29, 0.717) is 36.3 Å². The van der Waals surface area contributed by atoms with Crippen molar-refractivity contribution in [1.82, 2.24) is 19.2 Å². The summed E-state index contributed by atoms with van der Waals surface area (Å²) in [4.78, 5) is 26.5. The van der Waals surface area contributed by atoms with Crippen molar-refractivity contribution >= 4 is 20.9 Å². The fourth-order valence-corrected chi connectivity index (χ4v) is 5.62. The van der Waals surface area contributed by atoms with E-state index >= 15 is 0 Å². The van der Waals surface area contributed by atoms with Crippen LogP contribution in [0.15, 0.2) is 32.7 Å². The molecule has 2 aliphatic carbocycles. The summed E-state index contributed by atoms with van der Waals surface area (Å²) in [5.41, 5.74) is -0.567. The van der Waals surface area contributed by atoms with Gasteiger partial charge in [-0.2, -0.15) is 0 Å². The fourth-order valence-electron chi connectivity index (χ4n) is 4.13. The molecule has 3 aliphatic rings. The van der Waals surface area contributed by atoms with E-state index in [-0.39, 0.29) is 16.6 Å².